The number of hydrogen-bond acceptors (Lipinski definition) is 2. The molecule has 1 aromatic rings. The predicted octanol–water partition coefficient (Wildman–Crippen LogP) is 4.13. The van der Waals surface area contributed by atoms with Gasteiger partial charge in [-0.2, -0.15) is 0 Å². The van der Waals surface area contributed by atoms with E-state index in [2.05, 4.69) is 16.9 Å². The molecular weight excluding hydrogens is 190 g/mol. The van der Waals surface area contributed by atoms with Crippen LogP contribution < -0.4 is 0 Å². The Morgan fingerprint density at radius 1 is 1.43 bits per heavy atom. The van der Waals surface area contributed by atoms with Gasteiger partial charge in [-0.25, -0.2) is 4.98 Å². The zero-order valence-electron chi connectivity index (χ0n) is 8.54. The summed E-state index contributed by atoms with van der Waals surface area (Å²) in [6.07, 6.45) is 8.19. The van der Waals surface area contributed by atoms with Crippen molar-refractivity contribution < 1.29 is 0 Å². The lowest BCUT2D eigenvalue weighted by Crippen LogP contribution is -2.06. The first-order valence-corrected chi connectivity index (χ1v) is 6.37. The van der Waals surface area contributed by atoms with Gasteiger partial charge < -0.3 is 0 Å². The molecule has 0 bridgehead atoms. The summed E-state index contributed by atoms with van der Waals surface area (Å²) in [6, 6.07) is 0. The molecule has 0 saturated heterocycles. The Kier molecular flexibility index (Phi) is 3.35. The van der Waals surface area contributed by atoms with E-state index in [-0.39, 0.29) is 0 Å². The van der Waals surface area contributed by atoms with E-state index >= 15 is 0 Å². The van der Waals surface area contributed by atoms with E-state index in [0.717, 1.165) is 18.0 Å². The Labute approximate surface area is 89.9 Å². The summed E-state index contributed by atoms with van der Waals surface area (Å²) in [7, 11) is 0. The van der Waals surface area contributed by atoms with Crippen molar-refractivity contribution in [1.29, 1.82) is 0 Å². The minimum Gasteiger partial charge on any atom is -0.245 e. The molecule has 1 aliphatic carbocycles. The lowest BCUT2D eigenvalue weighted by atomic mass is 9.84. The average Bonchev–Trinajstić information content (AvgIpc) is 2.72. The van der Waals surface area contributed by atoms with Crippen molar-refractivity contribution in [3.8, 4) is 0 Å². The summed E-state index contributed by atoms with van der Waals surface area (Å²) in [5.41, 5.74) is 4.24. The molecule has 1 aliphatic rings. The summed E-state index contributed by atoms with van der Waals surface area (Å²) in [4.78, 5) is 4.30. The monoisotopic (exact) mass is 207 g/mol. The molecular formula is C12H17NS. The van der Waals surface area contributed by atoms with Crippen molar-refractivity contribution in [2.45, 2.75) is 38.5 Å². The number of allylic oxidation sites excluding steroid dienone is 1. The maximum Gasteiger partial charge on any atom is 0.0798 e. The number of hydrogen-bond donors (Lipinski definition) is 0. The molecule has 1 nitrogen and oxygen atoms in total. The topological polar surface area (TPSA) is 12.9 Å². The standard InChI is InChI=1S/C12H17NS/c1-10(12-8-14-9-13-12)7-11-5-3-2-4-6-11/h8-9,11H,1-7H2. The highest BCUT2D eigenvalue weighted by atomic mass is 32.1. The molecule has 1 fully saturated rings. The van der Waals surface area contributed by atoms with Crippen molar-refractivity contribution in [2.75, 3.05) is 0 Å². The maximum atomic E-state index is 4.30. The predicted molar refractivity (Wildman–Crippen MR) is 62.3 cm³/mol. The van der Waals surface area contributed by atoms with Crippen LogP contribution in [0.5, 0.6) is 0 Å². The van der Waals surface area contributed by atoms with Crippen molar-refractivity contribution >= 4 is 16.9 Å². The fraction of sp³-hybridized carbons (Fsp3) is 0.583. The third-order valence-corrected chi connectivity index (χ3v) is 3.64. The van der Waals surface area contributed by atoms with Gasteiger partial charge in [0.25, 0.3) is 0 Å². The third kappa shape index (κ3) is 2.44. The number of nitrogens with zero attached hydrogens (tertiary/aromatic N) is 1. The largest absolute Gasteiger partial charge is 0.245 e. The highest BCUT2D eigenvalue weighted by Crippen LogP contribution is 2.31. The molecule has 2 rings (SSSR count). The van der Waals surface area contributed by atoms with Crippen LogP contribution in [-0.2, 0) is 0 Å². The minimum absolute atomic E-state index is 0.873. The van der Waals surface area contributed by atoms with Gasteiger partial charge in [0.15, 0.2) is 0 Å². The van der Waals surface area contributed by atoms with E-state index < -0.39 is 0 Å². The van der Waals surface area contributed by atoms with Crippen LogP contribution >= 0.6 is 11.3 Å². The van der Waals surface area contributed by atoms with Gasteiger partial charge in [0, 0.05) is 5.38 Å². The van der Waals surface area contributed by atoms with Gasteiger partial charge in [0.05, 0.1) is 11.2 Å². The van der Waals surface area contributed by atoms with Crippen molar-refractivity contribution in [2.24, 2.45) is 5.92 Å². The molecule has 0 aliphatic heterocycles. The molecule has 0 spiro atoms. The van der Waals surface area contributed by atoms with Crippen molar-refractivity contribution in [3.05, 3.63) is 23.2 Å². The van der Waals surface area contributed by atoms with Crippen LogP contribution in [0.25, 0.3) is 5.57 Å². The quantitative estimate of drug-likeness (QED) is 0.726. The van der Waals surface area contributed by atoms with E-state index in [1.807, 2.05) is 5.51 Å². The van der Waals surface area contributed by atoms with Crippen LogP contribution in [0.2, 0.25) is 0 Å². The fourth-order valence-corrected chi connectivity index (χ4v) is 2.82. The highest BCUT2D eigenvalue weighted by Gasteiger charge is 2.15. The molecule has 0 aromatic carbocycles. The lowest BCUT2D eigenvalue weighted by molar-refractivity contribution is 0.365. The van der Waals surface area contributed by atoms with Crippen molar-refractivity contribution in [3.63, 3.8) is 0 Å². The SMILES string of the molecule is C=C(CC1CCCCC1)c1cscn1. The Hall–Kier alpha value is -0.630. The molecule has 1 heterocycles. The Bertz CT molecular complexity index is 283. The molecule has 0 atom stereocenters. The molecule has 1 aromatic heterocycles. The first kappa shape index (κ1) is 9.91. The zero-order valence-corrected chi connectivity index (χ0v) is 9.35. The number of aromatic nitrogens is 1. The summed E-state index contributed by atoms with van der Waals surface area (Å²) in [6.45, 7) is 4.14. The Morgan fingerprint density at radius 2 is 2.21 bits per heavy atom. The number of thiazole rings is 1. The summed E-state index contributed by atoms with van der Waals surface area (Å²) >= 11 is 1.66. The Balaban J connectivity index is 1.87. The first-order chi connectivity index (χ1) is 6.86. The van der Waals surface area contributed by atoms with Gasteiger partial charge in [0.1, 0.15) is 0 Å². The normalized spacial score (nSPS) is 18.3. The first-order valence-electron chi connectivity index (χ1n) is 5.42. The zero-order chi connectivity index (χ0) is 9.80. The summed E-state index contributed by atoms with van der Waals surface area (Å²) < 4.78 is 0. The van der Waals surface area contributed by atoms with Crippen LogP contribution in [0.1, 0.15) is 44.2 Å². The highest BCUT2D eigenvalue weighted by molar-refractivity contribution is 7.07. The van der Waals surface area contributed by atoms with E-state index in [4.69, 9.17) is 0 Å². The summed E-state index contributed by atoms with van der Waals surface area (Å²) in [5.74, 6) is 0.873. The molecule has 0 unspecified atom stereocenters. The molecule has 0 amide bonds. The van der Waals surface area contributed by atoms with Crippen LogP contribution in [0.4, 0.5) is 0 Å². The van der Waals surface area contributed by atoms with Crippen LogP contribution in [0, 0.1) is 5.92 Å². The summed E-state index contributed by atoms with van der Waals surface area (Å²) in [5, 5.41) is 2.10. The van der Waals surface area contributed by atoms with E-state index in [1.54, 1.807) is 11.3 Å². The maximum absolute atomic E-state index is 4.30. The van der Waals surface area contributed by atoms with Crippen LogP contribution in [0.3, 0.4) is 0 Å². The van der Waals surface area contributed by atoms with E-state index in [0.29, 0.717) is 0 Å². The fourth-order valence-electron chi connectivity index (χ4n) is 2.23. The van der Waals surface area contributed by atoms with Gasteiger partial charge in [-0.05, 0) is 17.9 Å². The van der Waals surface area contributed by atoms with Gasteiger partial charge >= 0.3 is 0 Å². The molecule has 0 radical (unpaired) electrons. The molecule has 76 valence electrons. The van der Waals surface area contributed by atoms with Crippen LogP contribution in [-0.4, -0.2) is 4.98 Å². The van der Waals surface area contributed by atoms with Gasteiger partial charge in [-0.3, -0.25) is 0 Å². The smallest absolute Gasteiger partial charge is 0.0798 e. The molecule has 2 heteroatoms. The minimum atomic E-state index is 0.873. The third-order valence-electron chi connectivity index (χ3n) is 3.05. The van der Waals surface area contributed by atoms with Gasteiger partial charge in [-0.1, -0.05) is 38.7 Å². The average molecular weight is 207 g/mol. The van der Waals surface area contributed by atoms with Gasteiger partial charge in [-0.15, -0.1) is 11.3 Å². The van der Waals surface area contributed by atoms with E-state index in [9.17, 15) is 0 Å². The van der Waals surface area contributed by atoms with E-state index in [1.165, 1.54) is 37.7 Å². The molecule has 1 saturated carbocycles. The number of rotatable bonds is 3. The lowest BCUT2D eigenvalue weighted by Gasteiger charge is -2.21. The second-order valence-corrected chi connectivity index (χ2v) is 4.90. The van der Waals surface area contributed by atoms with Crippen LogP contribution in [0.15, 0.2) is 17.5 Å². The molecule has 14 heavy (non-hydrogen) atoms. The van der Waals surface area contributed by atoms with Gasteiger partial charge in [0.2, 0.25) is 0 Å². The Morgan fingerprint density at radius 3 is 2.86 bits per heavy atom. The molecule has 0 N–H and O–H groups in total. The second-order valence-electron chi connectivity index (χ2n) is 4.19. The second kappa shape index (κ2) is 4.74. The van der Waals surface area contributed by atoms with Crippen molar-refractivity contribution in [1.82, 2.24) is 4.98 Å².